The summed E-state index contributed by atoms with van der Waals surface area (Å²) in [6, 6.07) is 8.49. The highest BCUT2D eigenvalue weighted by Gasteiger charge is 2.40. The van der Waals surface area contributed by atoms with Crippen molar-refractivity contribution in [2.75, 3.05) is 13.1 Å². The fourth-order valence-electron chi connectivity index (χ4n) is 4.57. The maximum atomic E-state index is 12.5. The Hall–Kier alpha value is -1.92. The molecule has 1 saturated heterocycles. The van der Waals surface area contributed by atoms with E-state index in [1.54, 1.807) is 0 Å². The SMILES string of the molecule is O=C(NC1CC1)c1nnc2n1CC1(CC2)CCN(Cc2ccc(Cl)cc2)CC1. The van der Waals surface area contributed by atoms with Crippen LogP contribution < -0.4 is 5.32 Å². The first-order valence-electron chi connectivity index (χ1n) is 10.3. The zero-order chi connectivity index (χ0) is 19.1. The molecule has 2 fully saturated rings. The highest BCUT2D eigenvalue weighted by Crippen LogP contribution is 2.41. The molecule has 6 nitrogen and oxygen atoms in total. The summed E-state index contributed by atoms with van der Waals surface area (Å²) in [4.78, 5) is 15.1. The number of piperidine rings is 1. The number of halogens is 1. The number of benzene rings is 1. The van der Waals surface area contributed by atoms with Gasteiger partial charge in [-0.25, -0.2) is 0 Å². The molecule has 148 valence electrons. The van der Waals surface area contributed by atoms with Crippen molar-refractivity contribution in [1.29, 1.82) is 0 Å². The summed E-state index contributed by atoms with van der Waals surface area (Å²) < 4.78 is 2.09. The van der Waals surface area contributed by atoms with Crippen molar-refractivity contribution in [2.24, 2.45) is 5.41 Å². The third-order valence-electron chi connectivity index (χ3n) is 6.55. The van der Waals surface area contributed by atoms with E-state index < -0.39 is 0 Å². The number of carbonyl (C=O) groups excluding carboxylic acids is 1. The Morgan fingerprint density at radius 1 is 1.14 bits per heavy atom. The van der Waals surface area contributed by atoms with Crippen molar-refractivity contribution in [3.8, 4) is 0 Å². The molecule has 3 aliphatic rings. The number of carbonyl (C=O) groups is 1. The van der Waals surface area contributed by atoms with Crippen LogP contribution in [0.15, 0.2) is 24.3 Å². The van der Waals surface area contributed by atoms with Crippen LogP contribution in [0.2, 0.25) is 5.02 Å². The minimum Gasteiger partial charge on any atom is -0.347 e. The van der Waals surface area contributed by atoms with Gasteiger partial charge in [-0.3, -0.25) is 9.69 Å². The Kier molecular flexibility index (Phi) is 4.63. The highest BCUT2D eigenvalue weighted by molar-refractivity contribution is 6.30. The third kappa shape index (κ3) is 3.67. The summed E-state index contributed by atoms with van der Waals surface area (Å²) in [6.07, 6.45) is 6.54. The lowest BCUT2D eigenvalue weighted by molar-refractivity contribution is 0.0618. The number of nitrogens with one attached hydrogen (secondary N) is 1. The quantitative estimate of drug-likeness (QED) is 0.858. The number of hydrogen-bond acceptors (Lipinski definition) is 4. The van der Waals surface area contributed by atoms with Gasteiger partial charge in [0.1, 0.15) is 5.82 Å². The first-order chi connectivity index (χ1) is 13.6. The van der Waals surface area contributed by atoms with E-state index in [9.17, 15) is 4.79 Å². The second kappa shape index (κ2) is 7.16. The van der Waals surface area contributed by atoms with Crippen molar-refractivity contribution in [3.05, 3.63) is 46.5 Å². The number of likely N-dealkylation sites (tertiary alicyclic amines) is 1. The van der Waals surface area contributed by atoms with Crippen LogP contribution in [0.4, 0.5) is 0 Å². The van der Waals surface area contributed by atoms with Gasteiger partial charge < -0.3 is 9.88 Å². The van der Waals surface area contributed by atoms with E-state index in [4.69, 9.17) is 11.6 Å². The van der Waals surface area contributed by atoms with E-state index in [1.165, 1.54) is 5.56 Å². The number of aryl methyl sites for hydroxylation is 1. The maximum Gasteiger partial charge on any atom is 0.289 e. The summed E-state index contributed by atoms with van der Waals surface area (Å²) >= 11 is 6.00. The van der Waals surface area contributed by atoms with Gasteiger partial charge in [-0.05, 0) is 68.3 Å². The van der Waals surface area contributed by atoms with Crippen LogP contribution in [0.5, 0.6) is 0 Å². The van der Waals surface area contributed by atoms with E-state index in [0.29, 0.717) is 11.9 Å². The summed E-state index contributed by atoms with van der Waals surface area (Å²) in [6.45, 7) is 4.02. The lowest BCUT2D eigenvalue weighted by Crippen LogP contribution is -2.44. The van der Waals surface area contributed by atoms with Gasteiger partial charge >= 0.3 is 0 Å². The lowest BCUT2D eigenvalue weighted by Gasteiger charge is -2.44. The molecule has 0 unspecified atom stereocenters. The van der Waals surface area contributed by atoms with Gasteiger partial charge in [0.2, 0.25) is 5.82 Å². The minimum atomic E-state index is -0.0570. The molecule has 1 amide bonds. The van der Waals surface area contributed by atoms with E-state index in [1.807, 2.05) is 12.1 Å². The molecule has 1 spiro atoms. The molecule has 3 heterocycles. The topological polar surface area (TPSA) is 63.1 Å². The zero-order valence-electron chi connectivity index (χ0n) is 16.0. The summed E-state index contributed by atoms with van der Waals surface area (Å²) in [7, 11) is 0. The molecule has 5 rings (SSSR count). The first-order valence-corrected chi connectivity index (χ1v) is 10.7. The van der Waals surface area contributed by atoms with Gasteiger partial charge in [0.15, 0.2) is 0 Å². The van der Waals surface area contributed by atoms with Crippen molar-refractivity contribution in [3.63, 3.8) is 0 Å². The molecule has 28 heavy (non-hydrogen) atoms. The van der Waals surface area contributed by atoms with Gasteiger partial charge in [-0.2, -0.15) is 0 Å². The van der Waals surface area contributed by atoms with Crippen LogP contribution >= 0.6 is 11.6 Å². The molecule has 2 aliphatic heterocycles. The number of aromatic nitrogens is 3. The fourth-order valence-corrected chi connectivity index (χ4v) is 4.69. The second-order valence-corrected chi connectivity index (χ2v) is 9.11. The molecule has 1 aromatic heterocycles. The normalized spacial score (nSPS) is 21.5. The van der Waals surface area contributed by atoms with E-state index in [-0.39, 0.29) is 11.3 Å². The molecule has 1 saturated carbocycles. The van der Waals surface area contributed by atoms with Crippen molar-refractivity contribution < 1.29 is 4.79 Å². The van der Waals surface area contributed by atoms with Crippen LogP contribution in [-0.4, -0.2) is 44.7 Å². The van der Waals surface area contributed by atoms with Gasteiger partial charge in [0.25, 0.3) is 5.91 Å². The number of nitrogens with zero attached hydrogens (tertiary/aromatic N) is 4. The molecular formula is C21H26ClN5O. The fraction of sp³-hybridized carbons (Fsp3) is 0.571. The predicted octanol–water partition coefficient (Wildman–Crippen LogP) is 3.05. The third-order valence-corrected chi connectivity index (χ3v) is 6.80. The standard InChI is InChI=1S/C21H26ClN5O/c22-16-3-1-15(2-4-16)13-26-11-9-21(10-12-26)8-7-18-24-25-19(27(18)14-21)20(28)23-17-5-6-17/h1-4,17H,5-14H2,(H,23,28). The molecule has 7 heteroatoms. The molecule has 2 aromatic rings. The lowest BCUT2D eigenvalue weighted by atomic mass is 9.73. The van der Waals surface area contributed by atoms with Crippen LogP contribution in [0.3, 0.4) is 0 Å². The van der Waals surface area contributed by atoms with E-state index >= 15 is 0 Å². The Bertz CT molecular complexity index is 865. The summed E-state index contributed by atoms with van der Waals surface area (Å²) in [5.74, 6) is 1.42. The minimum absolute atomic E-state index is 0.0570. The second-order valence-electron chi connectivity index (χ2n) is 8.68. The molecular weight excluding hydrogens is 374 g/mol. The van der Waals surface area contributed by atoms with Crippen molar-refractivity contribution in [1.82, 2.24) is 25.0 Å². The Morgan fingerprint density at radius 3 is 2.61 bits per heavy atom. The van der Waals surface area contributed by atoms with Gasteiger partial charge in [-0.15, -0.1) is 10.2 Å². The van der Waals surface area contributed by atoms with Gasteiger partial charge in [-0.1, -0.05) is 23.7 Å². The monoisotopic (exact) mass is 399 g/mol. The largest absolute Gasteiger partial charge is 0.347 e. The Balaban J connectivity index is 1.24. The van der Waals surface area contributed by atoms with Gasteiger partial charge in [0, 0.05) is 30.6 Å². The number of rotatable bonds is 4. The van der Waals surface area contributed by atoms with Crippen molar-refractivity contribution in [2.45, 2.75) is 57.7 Å². The van der Waals surface area contributed by atoms with Crippen LogP contribution in [0, 0.1) is 5.41 Å². The average Bonchev–Trinajstić information content (AvgIpc) is 3.42. The zero-order valence-corrected chi connectivity index (χ0v) is 16.8. The number of amides is 1. The summed E-state index contributed by atoms with van der Waals surface area (Å²) in [5.41, 5.74) is 1.57. The van der Waals surface area contributed by atoms with Crippen LogP contribution in [0.25, 0.3) is 0 Å². The summed E-state index contributed by atoms with van der Waals surface area (Å²) in [5, 5.41) is 12.3. The van der Waals surface area contributed by atoms with E-state index in [2.05, 4.69) is 37.1 Å². The Morgan fingerprint density at radius 2 is 1.89 bits per heavy atom. The number of fused-ring (bicyclic) bond motifs is 1. The molecule has 1 N–H and O–H groups in total. The van der Waals surface area contributed by atoms with Crippen molar-refractivity contribution >= 4 is 17.5 Å². The Labute approximate surface area is 170 Å². The smallest absolute Gasteiger partial charge is 0.289 e. The molecule has 0 radical (unpaired) electrons. The molecule has 1 aliphatic carbocycles. The van der Waals surface area contributed by atoms with E-state index in [0.717, 1.165) is 75.6 Å². The average molecular weight is 400 g/mol. The maximum absolute atomic E-state index is 12.5. The predicted molar refractivity (Wildman–Crippen MR) is 107 cm³/mol. The molecule has 1 aromatic carbocycles. The first kappa shape index (κ1) is 18.1. The highest BCUT2D eigenvalue weighted by atomic mass is 35.5. The number of hydrogen-bond donors (Lipinski definition) is 1. The van der Waals surface area contributed by atoms with Crippen LogP contribution in [-0.2, 0) is 19.5 Å². The van der Waals surface area contributed by atoms with Crippen LogP contribution in [0.1, 0.15) is 54.1 Å². The molecule has 0 bridgehead atoms. The van der Waals surface area contributed by atoms with Gasteiger partial charge in [0.05, 0.1) is 0 Å². The molecule has 0 atom stereocenters.